The number of carbonyl (C=O) groups excluding carboxylic acids is 3. The van der Waals surface area contributed by atoms with Crippen molar-refractivity contribution in [2.75, 3.05) is 0 Å². The van der Waals surface area contributed by atoms with Crippen LogP contribution in [0.15, 0.2) is 30.3 Å². The third kappa shape index (κ3) is 10.0. The highest BCUT2D eigenvalue weighted by Crippen LogP contribution is 2.40. The summed E-state index contributed by atoms with van der Waals surface area (Å²) < 4.78 is 0. The number of Topliss-reactive ketones (excluding diaryl/α,β-unsaturated/α-hetero) is 3. The minimum Gasteiger partial charge on any atom is -0.300 e. The van der Waals surface area contributed by atoms with Crippen LogP contribution in [0.2, 0.25) is 0 Å². The van der Waals surface area contributed by atoms with E-state index in [1.54, 1.807) is 0 Å². The van der Waals surface area contributed by atoms with Crippen molar-refractivity contribution in [1.29, 1.82) is 0 Å². The highest BCUT2D eigenvalue weighted by molar-refractivity contribution is 6.01. The lowest BCUT2D eigenvalue weighted by Crippen LogP contribution is -2.30. The van der Waals surface area contributed by atoms with E-state index in [0.29, 0.717) is 12.3 Å². The van der Waals surface area contributed by atoms with Gasteiger partial charge in [-0.05, 0) is 105 Å². The van der Waals surface area contributed by atoms with Crippen LogP contribution in [0.3, 0.4) is 0 Å². The van der Waals surface area contributed by atoms with Crippen LogP contribution in [-0.4, -0.2) is 17.3 Å². The number of hydrogen-bond donors (Lipinski definition) is 0. The molecule has 2 aromatic rings. The zero-order chi connectivity index (χ0) is 31.4. The van der Waals surface area contributed by atoms with Crippen LogP contribution in [0.1, 0.15) is 149 Å². The van der Waals surface area contributed by atoms with Gasteiger partial charge >= 0.3 is 0 Å². The van der Waals surface area contributed by atoms with Crippen LogP contribution in [0.4, 0.5) is 0 Å². The first kappa shape index (κ1) is 35.6. The average Bonchev–Trinajstić information content (AvgIpc) is 2.91. The molecule has 0 radical (unpaired) electrons. The summed E-state index contributed by atoms with van der Waals surface area (Å²) in [5.74, 6) is 1.06. The normalized spacial score (nSPS) is 16.0. The van der Waals surface area contributed by atoms with Gasteiger partial charge in [-0.25, -0.2) is 0 Å². The van der Waals surface area contributed by atoms with E-state index in [0.717, 1.165) is 56.9 Å². The number of aryl methyl sites for hydroxylation is 3. The molecule has 0 amide bonds. The van der Waals surface area contributed by atoms with Crippen molar-refractivity contribution >= 4 is 17.3 Å². The minimum absolute atomic E-state index is 0.0362. The molecule has 232 valence electrons. The highest BCUT2D eigenvalue weighted by Gasteiger charge is 2.34. The molecule has 2 aromatic carbocycles. The predicted molar refractivity (Wildman–Crippen MR) is 178 cm³/mol. The highest BCUT2D eigenvalue weighted by atomic mass is 16.1. The largest absolute Gasteiger partial charge is 0.300 e. The van der Waals surface area contributed by atoms with E-state index in [4.69, 9.17) is 0 Å². The standard InChI is InChI=1S/C36H50O3.C3H8/c1-8-11-30(31(9-2)34(38)18-25(6)37)19-28-20-33-32(23(3)4)22-29(26(7)36(33)35(39)21-28)13-10-12-27-16-14-24(5)15-17-27;1-3-2/h14-17,22-23,28,30-31H,8-13,18-21H2,1-7H3;3H2,1-2H3. The van der Waals surface area contributed by atoms with Gasteiger partial charge in [0.2, 0.25) is 0 Å². The number of hydrogen-bond acceptors (Lipinski definition) is 3. The lowest BCUT2D eigenvalue weighted by molar-refractivity contribution is -0.129. The molecule has 0 saturated heterocycles. The van der Waals surface area contributed by atoms with Crippen molar-refractivity contribution in [1.82, 2.24) is 0 Å². The second-order valence-corrected chi connectivity index (χ2v) is 13.1. The summed E-state index contributed by atoms with van der Waals surface area (Å²) in [5.41, 5.74) is 8.71. The quantitative estimate of drug-likeness (QED) is 0.211. The second-order valence-electron chi connectivity index (χ2n) is 13.1. The monoisotopic (exact) mass is 574 g/mol. The molecule has 0 aliphatic heterocycles. The number of ketones is 3. The molecule has 3 nitrogen and oxygen atoms in total. The fourth-order valence-corrected chi connectivity index (χ4v) is 6.90. The summed E-state index contributed by atoms with van der Waals surface area (Å²) in [5, 5.41) is 0. The molecule has 1 aliphatic rings. The molecule has 3 atom stereocenters. The van der Waals surface area contributed by atoms with Crippen LogP contribution < -0.4 is 0 Å². The van der Waals surface area contributed by atoms with Gasteiger partial charge in [0.1, 0.15) is 11.6 Å². The van der Waals surface area contributed by atoms with Crippen LogP contribution in [0.5, 0.6) is 0 Å². The Labute approximate surface area is 257 Å². The second kappa shape index (κ2) is 17.5. The molecule has 0 fully saturated rings. The molecule has 0 spiro atoms. The van der Waals surface area contributed by atoms with Crippen molar-refractivity contribution in [3.05, 3.63) is 69.3 Å². The molecule has 3 heteroatoms. The van der Waals surface area contributed by atoms with Crippen molar-refractivity contribution in [2.24, 2.45) is 17.8 Å². The maximum Gasteiger partial charge on any atom is 0.163 e. The van der Waals surface area contributed by atoms with Crippen LogP contribution in [0.25, 0.3) is 0 Å². The minimum atomic E-state index is -0.0902. The average molecular weight is 575 g/mol. The van der Waals surface area contributed by atoms with E-state index in [-0.39, 0.29) is 41.5 Å². The van der Waals surface area contributed by atoms with E-state index in [2.05, 4.69) is 85.7 Å². The zero-order valence-electron chi connectivity index (χ0n) is 28.2. The summed E-state index contributed by atoms with van der Waals surface area (Å²) in [6, 6.07) is 11.2. The molecule has 42 heavy (non-hydrogen) atoms. The SMILES string of the molecule is CCC.CCCC(CC1CC(=O)c2c(C)c(CCCc3ccc(C)cc3)cc(C(C)C)c2C1)C(CC)C(=O)CC(C)=O. The number of carbonyl (C=O) groups is 3. The molecule has 3 unspecified atom stereocenters. The van der Waals surface area contributed by atoms with Crippen LogP contribution >= 0.6 is 0 Å². The van der Waals surface area contributed by atoms with Gasteiger partial charge in [0.15, 0.2) is 5.78 Å². The molecule has 0 aromatic heterocycles. The molecular formula is C39H58O3. The van der Waals surface area contributed by atoms with Crippen molar-refractivity contribution < 1.29 is 14.4 Å². The Morgan fingerprint density at radius 2 is 1.60 bits per heavy atom. The summed E-state index contributed by atoms with van der Waals surface area (Å²) in [7, 11) is 0. The summed E-state index contributed by atoms with van der Waals surface area (Å²) in [6.07, 6.45) is 9.49. The summed E-state index contributed by atoms with van der Waals surface area (Å²) in [4.78, 5) is 38.3. The van der Waals surface area contributed by atoms with E-state index in [9.17, 15) is 14.4 Å². The van der Waals surface area contributed by atoms with E-state index in [1.807, 2.05) is 0 Å². The number of rotatable bonds is 14. The zero-order valence-corrected chi connectivity index (χ0v) is 28.2. The topological polar surface area (TPSA) is 51.2 Å². The fraction of sp³-hybridized carbons (Fsp3) is 0.615. The Morgan fingerprint density at radius 3 is 2.14 bits per heavy atom. The molecule has 0 bridgehead atoms. The van der Waals surface area contributed by atoms with E-state index < -0.39 is 0 Å². The van der Waals surface area contributed by atoms with Gasteiger partial charge in [0, 0.05) is 17.9 Å². The van der Waals surface area contributed by atoms with Crippen LogP contribution in [-0.2, 0) is 28.9 Å². The Morgan fingerprint density at radius 1 is 0.952 bits per heavy atom. The lowest BCUT2D eigenvalue weighted by Gasteiger charge is -2.33. The first-order valence-corrected chi connectivity index (χ1v) is 16.7. The molecule has 0 N–H and O–H groups in total. The van der Waals surface area contributed by atoms with Gasteiger partial charge in [0.05, 0.1) is 6.42 Å². The van der Waals surface area contributed by atoms with Gasteiger partial charge < -0.3 is 0 Å². The lowest BCUT2D eigenvalue weighted by atomic mass is 9.70. The Bertz CT molecular complexity index is 1170. The Balaban J connectivity index is 0.00000197. The molecule has 0 heterocycles. The van der Waals surface area contributed by atoms with Gasteiger partial charge in [-0.1, -0.05) is 96.7 Å². The predicted octanol–water partition coefficient (Wildman–Crippen LogP) is 10.1. The van der Waals surface area contributed by atoms with E-state index in [1.165, 1.54) is 46.7 Å². The third-order valence-corrected chi connectivity index (χ3v) is 8.88. The first-order valence-electron chi connectivity index (χ1n) is 16.7. The molecule has 3 rings (SSSR count). The third-order valence-electron chi connectivity index (χ3n) is 8.88. The molecular weight excluding hydrogens is 516 g/mol. The summed E-state index contributed by atoms with van der Waals surface area (Å²) >= 11 is 0. The van der Waals surface area contributed by atoms with Gasteiger partial charge in [-0.3, -0.25) is 14.4 Å². The fourth-order valence-electron chi connectivity index (χ4n) is 6.90. The van der Waals surface area contributed by atoms with Gasteiger partial charge in [0.25, 0.3) is 0 Å². The maximum absolute atomic E-state index is 13.7. The maximum atomic E-state index is 13.7. The van der Waals surface area contributed by atoms with Crippen molar-refractivity contribution in [3.8, 4) is 0 Å². The Kier molecular flexibility index (Phi) is 14.9. The summed E-state index contributed by atoms with van der Waals surface area (Å²) in [6.45, 7) is 18.7. The van der Waals surface area contributed by atoms with Crippen molar-refractivity contribution in [2.45, 2.75) is 139 Å². The van der Waals surface area contributed by atoms with Gasteiger partial charge in [-0.15, -0.1) is 0 Å². The first-order chi connectivity index (χ1) is 20.0. The van der Waals surface area contributed by atoms with Crippen LogP contribution in [0, 0.1) is 31.6 Å². The number of fused-ring (bicyclic) bond motifs is 1. The van der Waals surface area contributed by atoms with Crippen molar-refractivity contribution in [3.63, 3.8) is 0 Å². The van der Waals surface area contributed by atoms with E-state index >= 15 is 0 Å². The smallest absolute Gasteiger partial charge is 0.163 e. The Hall–Kier alpha value is -2.55. The van der Waals surface area contributed by atoms with Gasteiger partial charge in [-0.2, -0.15) is 0 Å². The number of benzene rings is 2. The molecule has 0 saturated carbocycles. The molecule has 1 aliphatic carbocycles.